The van der Waals surface area contributed by atoms with Crippen LogP contribution in [0.15, 0.2) is 18.2 Å². The molecule has 206 valence electrons. The molecule has 10 nitrogen and oxygen atoms in total. The highest BCUT2D eigenvalue weighted by Gasteiger charge is 2.48. The molecule has 0 unspecified atom stereocenters. The number of pyridine rings is 1. The molecule has 2 aliphatic rings. The Balaban J connectivity index is 1.23. The number of nitrogens with zero attached hydrogens (tertiary/aromatic N) is 2. The van der Waals surface area contributed by atoms with Gasteiger partial charge in [-0.3, -0.25) is 0 Å². The molecule has 4 atom stereocenters. The van der Waals surface area contributed by atoms with Gasteiger partial charge in [0.1, 0.15) is 45.5 Å². The first-order valence-electron chi connectivity index (χ1n) is 12.0. The lowest BCUT2D eigenvalue weighted by Gasteiger charge is -2.15. The predicted molar refractivity (Wildman–Crippen MR) is 132 cm³/mol. The number of ether oxygens (including phenoxy) is 4. The molecule has 0 aliphatic carbocycles. The first kappa shape index (κ1) is 27.0. The molecule has 2 saturated heterocycles. The fourth-order valence-corrected chi connectivity index (χ4v) is 5.40. The quantitative estimate of drug-likeness (QED) is 0.351. The van der Waals surface area contributed by atoms with Crippen LogP contribution < -0.4 is 9.47 Å². The first-order chi connectivity index (χ1) is 18.1. The average Bonchev–Trinajstić information content (AvgIpc) is 3.52. The summed E-state index contributed by atoms with van der Waals surface area (Å²) in [5.74, 6) is -1.67. The number of rotatable bonds is 10. The average molecular weight is 574 g/mol. The monoisotopic (exact) mass is 573 g/mol. The van der Waals surface area contributed by atoms with E-state index in [1.54, 1.807) is 6.07 Å². The van der Waals surface area contributed by atoms with E-state index in [4.69, 9.17) is 30.5 Å². The number of aromatic amines is 1. The zero-order chi connectivity index (χ0) is 27.0. The molecule has 5 rings (SSSR count). The summed E-state index contributed by atoms with van der Waals surface area (Å²) in [6, 6.07) is 3.93. The molecule has 0 spiro atoms. The molecule has 2 fully saturated rings. The predicted octanol–water partition coefficient (Wildman–Crippen LogP) is 2.39. The smallest absolute Gasteiger partial charge is 0.296 e. The highest BCUT2D eigenvalue weighted by Crippen LogP contribution is 2.30. The Bertz CT molecular complexity index is 1410. The zero-order valence-electron chi connectivity index (χ0n) is 20.3. The van der Waals surface area contributed by atoms with Crippen molar-refractivity contribution in [2.75, 3.05) is 31.8 Å². The number of aromatic nitrogens is 3. The number of imidazole rings is 1. The molecular weight excluding hydrogens is 548 g/mol. The fourth-order valence-electron chi connectivity index (χ4n) is 4.51. The van der Waals surface area contributed by atoms with Crippen molar-refractivity contribution in [3.05, 3.63) is 46.1 Å². The lowest BCUT2D eigenvalue weighted by atomic mass is 10.1. The van der Waals surface area contributed by atoms with E-state index in [2.05, 4.69) is 15.0 Å². The number of aliphatic hydroxyl groups is 1. The highest BCUT2D eigenvalue weighted by molar-refractivity contribution is 7.90. The molecule has 1 aromatic carbocycles. The van der Waals surface area contributed by atoms with Crippen LogP contribution >= 0.6 is 11.6 Å². The van der Waals surface area contributed by atoms with Crippen molar-refractivity contribution in [2.45, 2.75) is 43.7 Å². The van der Waals surface area contributed by atoms with Crippen LogP contribution in [0.4, 0.5) is 8.78 Å². The number of H-pyrrole nitrogens is 1. The number of aliphatic hydroxyl groups excluding tert-OH is 1. The maximum atomic E-state index is 14.6. The molecule has 0 radical (unpaired) electrons. The van der Waals surface area contributed by atoms with E-state index in [1.807, 2.05) is 0 Å². The largest absolute Gasteiger partial charge is 0.493 e. The Labute approximate surface area is 222 Å². The molecule has 0 amide bonds. The van der Waals surface area contributed by atoms with Crippen molar-refractivity contribution < 1.29 is 41.3 Å². The van der Waals surface area contributed by atoms with Gasteiger partial charge in [-0.15, -0.1) is 0 Å². The minimum atomic E-state index is -3.14. The first-order valence-corrected chi connectivity index (χ1v) is 14.4. The molecular formula is C24H26ClF2N3O7S. The Kier molecular flexibility index (Phi) is 7.74. The van der Waals surface area contributed by atoms with Gasteiger partial charge in [-0.25, -0.2) is 22.2 Å². The lowest BCUT2D eigenvalue weighted by Crippen LogP contribution is -2.34. The second kappa shape index (κ2) is 10.9. The molecule has 3 aromatic rings. The molecule has 38 heavy (non-hydrogen) atoms. The van der Waals surface area contributed by atoms with Crippen LogP contribution in [0.5, 0.6) is 11.8 Å². The van der Waals surface area contributed by atoms with Crippen LogP contribution in [-0.2, 0) is 32.2 Å². The number of benzene rings is 1. The van der Waals surface area contributed by atoms with E-state index >= 15 is 0 Å². The molecule has 2 aliphatic heterocycles. The van der Waals surface area contributed by atoms with Gasteiger partial charge < -0.3 is 29.0 Å². The molecule has 0 bridgehead atoms. The van der Waals surface area contributed by atoms with E-state index in [0.717, 1.165) is 18.4 Å². The van der Waals surface area contributed by atoms with Gasteiger partial charge in [0, 0.05) is 24.0 Å². The summed E-state index contributed by atoms with van der Waals surface area (Å²) in [6.45, 7) is 0.437. The van der Waals surface area contributed by atoms with E-state index in [0.29, 0.717) is 21.9 Å². The van der Waals surface area contributed by atoms with Crippen molar-refractivity contribution in [3.8, 4) is 11.8 Å². The van der Waals surface area contributed by atoms with Crippen LogP contribution in [-0.4, -0.2) is 84.7 Å². The van der Waals surface area contributed by atoms with E-state index < -0.39 is 45.9 Å². The van der Waals surface area contributed by atoms with Crippen LogP contribution in [0.2, 0.25) is 5.02 Å². The second-order valence-electron chi connectivity index (χ2n) is 9.35. The number of hydrogen-bond donors (Lipinski definition) is 2. The molecule has 2 aromatic heterocycles. The zero-order valence-corrected chi connectivity index (χ0v) is 21.9. The van der Waals surface area contributed by atoms with Crippen molar-refractivity contribution in [1.82, 2.24) is 15.0 Å². The van der Waals surface area contributed by atoms with Crippen LogP contribution in [0.25, 0.3) is 11.2 Å². The lowest BCUT2D eigenvalue weighted by molar-refractivity contribution is 0.00706. The van der Waals surface area contributed by atoms with Gasteiger partial charge in [0.05, 0.1) is 41.8 Å². The van der Waals surface area contributed by atoms with Crippen molar-refractivity contribution in [3.63, 3.8) is 0 Å². The van der Waals surface area contributed by atoms with Crippen LogP contribution in [0, 0.1) is 11.6 Å². The summed E-state index contributed by atoms with van der Waals surface area (Å²) in [5.41, 5.74) is 1.10. The number of nitrogens with one attached hydrogen (secondary N) is 1. The topological polar surface area (TPSA) is 133 Å². The van der Waals surface area contributed by atoms with E-state index in [-0.39, 0.29) is 62.2 Å². The summed E-state index contributed by atoms with van der Waals surface area (Å²) < 4.78 is 73.9. The van der Waals surface area contributed by atoms with Crippen LogP contribution in [0.1, 0.15) is 17.7 Å². The Morgan fingerprint density at radius 3 is 2.61 bits per heavy atom. The third kappa shape index (κ3) is 6.01. The standard InChI is InChI=1S/C24H26ClF2N3O7S/c1-38(32,33)6-2-5-34-12-7-15(26)13(16(27)8-12)3-4-17-14(25)9-18-23(28-17)30-24(29-18)37-20-11-36-21-19(31)10-35-22(20)21/h7-9,19-22,31H,2-6,10-11H2,1H3,(H,28,29,30)/t19-,20-,21-,22-/m1/s1. The van der Waals surface area contributed by atoms with Crippen molar-refractivity contribution in [1.29, 1.82) is 0 Å². The van der Waals surface area contributed by atoms with Crippen molar-refractivity contribution >= 4 is 32.6 Å². The normalized spacial score (nSPS) is 23.2. The van der Waals surface area contributed by atoms with Gasteiger partial charge >= 0.3 is 0 Å². The Hall–Kier alpha value is -2.58. The molecule has 2 N–H and O–H groups in total. The van der Waals surface area contributed by atoms with Gasteiger partial charge in [-0.05, 0) is 25.3 Å². The van der Waals surface area contributed by atoms with Crippen LogP contribution in [0.3, 0.4) is 0 Å². The SMILES string of the molecule is CS(=O)(=O)CCCOc1cc(F)c(CCc2nc3nc(O[C@@H]4CO[C@H]5[C@@H]4OC[C@H]5O)[nH]c3cc2Cl)c(F)c1. The van der Waals surface area contributed by atoms with Crippen molar-refractivity contribution in [2.24, 2.45) is 0 Å². The Morgan fingerprint density at radius 2 is 1.87 bits per heavy atom. The fraction of sp³-hybridized carbons (Fsp3) is 0.500. The molecule has 4 heterocycles. The third-order valence-corrected chi connectivity index (χ3v) is 7.73. The van der Waals surface area contributed by atoms with E-state index in [1.165, 1.54) is 0 Å². The second-order valence-corrected chi connectivity index (χ2v) is 12.0. The summed E-state index contributed by atoms with van der Waals surface area (Å²) in [6.07, 6.45) is -0.543. The van der Waals surface area contributed by atoms with Gasteiger partial charge in [0.25, 0.3) is 6.01 Å². The number of sulfone groups is 1. The van der Waals surface area contributed by atoms with Gasteiger partial charge in [-0.1, -0.05) is 11.6 Å². The van der Waals surface area contributed by atoms with Gasteiger partial charge in [0.15, 0.2) is 11.8 Å². The number of halogens is 3. The summed E-state index contributed by atoms with van der Waals surface area (Å²) in [5, 5.41) is 10.2. The number of fused-ring (bicyclic) bond motifs is 2. The minimum absolute atomic E-state index is 0.0137. The Morgan fingerprint density at radius 1 is 1.13 bits per heavy atom. The maximum absolute atomic E-state index is 14.6. The maximum Gasteiger partial charge on any atom is 0.296 e. The number of aryl methyl sites for hydroxylation is 1. The summed E-state index contributed by atoms with van der Waals surface area (Å²) >= 11 is 6.38. The summed E-state index contributed by atoms with van der Waals surface area (Å²) in [7, 11) is -3.14. The van der Waals surface area contributed by atoms with Gasteiger partial charge in [-0.2, -0.15) is 4.98 Å². The highest BCUT2D eigenvalue weighted by atomic mass is 35.5. The van der Waals surface area contributed by atoms with Gasteiger partial charge in [0.2, 0.25) is 0 Å². The molecule has 0 saturated carbocycles. The summed E-state index contributed by atoms with van der Waals surface area (Å²) in [4.78, 5) is 11.8. The minimum Gasteiger partial charge on any atom is -0.493 e. The third-order valence-electron chi connectivity index (χ3n) is 6.38. The number of hydrogen-bond acceptors (Lipinski definition) is 9. The molecule has 14 heteroatoms. The van der Waals surface area contributed by atoms with E-state index in [9.17, 15) is 22.3 Å².